The molecule has 0 saturated heterocycles. The van der Waals surface area contributed by atoms with Crippen molar-refractivity contribution in [2.45, 2.75) is 33.1 Å². The monoisotopic (exact) mass is 682 g/mol. The topological polar surface area (TPSA) is 57.2 Å². The molecule has 0 amide bonds. The van der Waals surface area contributed by atoms with Crippen LogP contribution < -0.4 is 10.3 Å². The van der Waals surface area contributed by atoms with Crippen LogP contribution in [0, 0.1) is 39.0 Å². The van der Waals surface area contributed by atoms with E-state index in [9.17, 15) is 10.1 Å². The highest BCUT2D eigenvalue weighted by Crippen LogP contribution is 2.63. The van der Waals surface area contributed by atoms with E-state index in [2.05, 4.69) is 148 Å². The van der Waals surface area contributed by atoms with E-state index in [1.807, 2.05) is 6.07 Å². The molecule has 0 bridgehead atoms. The van der Waals surface area contributed by atoms with Gasteiger partial charge in [0.25, 0.3) is 0 Å². The van der Waals surface area contributed by atoms with Gasteiger partial charge >= 0.3 is 0 Å². The average molecular weight is 683 g/mol. The molecule has 0 saturated carbocycles. The molecule has 7 aromatic carbocycles. The predicted molar refractivity (Wildman–Crippen MR) is 215 cm³/mol. The molecule has 4 nitrogen and oxygen atoms in total. The van der Waals surface area contributed by atoms with Gasteiger partial charge in [-0.2, -0.15) is 5.26 Å². The van der Waals surface area contributed by atoms with Crippen molar-refractivity contribution in [3.05, 3.63) is 194 Å². The maximum atomic E-state index is 14.3. The smallest absolute Gasteiger partial charge is 0.200 e. The summed E-state index contributed by atoms with van der Waals surface area (Å²) in [6.07, 6.45) is 0. The van der Waals surface area contributed by atoms with Crippen LogP contribution >= 0.6 is 0 Å². The fourth-order valence-electron chi connectivity index (χ4n) is 9.29. The van der Waals surface area contributed by atoms with Crippen LogP contribution in [0.3, 0.4) is 0 Å². The molecule has 53 heavy (non-hydrogen) atoms. The highest BCUT2D eigenvalue weighted by atomic mass is 16.3. The van der Waals surface area contributed by atoms with Crippen LogP contribution in [0.25, 0.3) is 44.2 Å². The van der Waals surface area contributed by atoms with Crippen LogP contribution in [-0.4, -0.2) is 0 Å². The van der Waals surface area contributed by atoms with E-state index in [1.54, 1.807) is 18.2 Å². The minimum atomic E-state index is -0.676. The number of hydrogen-bond acceptors (Lipinski definition) is 4. The van der Waals surface area contributed by atoms with Gasteiger partial charge in [0, 0.05) is 17.1 Å². The third-order valence-electron chi connectivity index (χ3n) is 11.2. The van der Waals surface area contributed by atoms with Crippen molar-refractivity contribution < 1.29 is 4.42 Å². The summed E-state index contributed by atoms with van der Waals surface area (Å²) in [4.78, 5) is 16.7. The fourth-order valence-corrected chi connectivity index (χ4v) is 9.29. The number of anilines is 3. The maximum Gasteiger partial charge on any atom is 0.200 e. The van der Waals surface area contributed by atoms with Crippen LogP contribution in [0.5, 0.6) is 0 Å². The molecule has 0 fully saturated rings. The first-order valence-electron chi connectivity index (χ1n) is 18.0. The summed E-state index contributed by atoms with van der Waals surface area (Å²) < 4.78 is 6.43. The number of nitrogens with zero attached hydrogens (tertiary/aromatic N) is 2. The van der Waals surface area contributed by atoms with Gasteiger partial charge in [-0.25, -0.2) is 0 Å². The van der Waals surface area contributed by atoms with Gasteiger partial charge in [-0.05, 0) is 161 Å². The van der Waals surface area contributed by atoms with Gasteiger partial charge in [0.05, 0.1) is 27.8 Å². The zero-order valence-electron chi connectivity index (χ0n) is 29.9. The van der Waals surface area contributed by atoms with E-state index in [-0.39, 0.29) is 5.43 Å². The average Bonchev–Trinajstić information content (AvgIpc) is 3.60. The molecule has 10 rings (SSSR count). The molecule has 1 heterocycles. The van der Waals surface area contributed by atoms with E-state index < -0.39 is 5.41 Å². The summed E-state index contributed by atoms with van der Waals surface area (Å²) in [6, 6.07) is 49.1. The lowest BCUT2D eigenvalue weighted by Crippen LogP contribution is -2.26. The van der Waals surface area contributed by atoms with Gasteiger partial charge in [0.15, 0.2) is 0 Å². The highest BCUT2D eigenvalue weighted by Gasteiger charge is 2.52. The minimum absolute atomic E-state index is 0.101. The molecule has 0 radical (unpaired) electrons. The molecule has 8 aromatic rings. The Labute approximate surface area is 307 Å². The SMILES string of the molecule is Cc1cc(C)cc(N(c2cc(C)cc(C)c2)c2ccc3c(c2)C2(c4ccccc4-3)c3ccccc3-c3cc4oc5cc(C#N)ccc5c(=O)c4cc32)c1. The second kappa shape index (κ2) is 11.1. The Bertz CT molecular complexity index is 2910. The lowest BCUT2D eigenvalue weighted by atomic mass is 9.70. The van der Waals surface area contributed by atoms with E-state index in [4.69, 9.17) is 4.42 Å². The van der Waals surface area contributed by atoms with Crippen molar-refractivity contribution in [1.29, 1.82) is 5.26 Å². The van der Waals surface area contributed by atoms with Crippen molar-refractivity contribution in [1.82, 2.24) is 0 Å². The third kappa shape index (κ3) is 4.38. The first kappa shape index (κ1) is 31.1. The van der Waals surface area contributed by atoms with Gasteiger partial charge in [0.1, 0.15) is 11.2 Å². The van der Waals surface area contributed by atoms with Crippen LogP contribution in [0.1, 0.15) is 50.1 Å². The Hall–Kier alpha value is -6.70. The number of hydrogen-bond donors (Lipinski definition) is 0. The Morgan fingerprint density at radius 1 is 0.509 bits per heavy atom. The fraction of sp³-hybridized carbons (Fsp3) is 0.102. The van der Waals surface area contributed by atoms with Crippen molar-refractivity contribution in [2.24, 2.45) is 0 Å². The molecule has 2 aliphatic carbocycles. The van der Waals surface area contributed by atoms with Crippen molar-refractivity contribution in [3.8, 4) is 28.3 Å². The quantitative estimate of drug-likeness (QED) is 0.174. The molecule has 0 N–H and O–H groups in total. The maximum absolute atomic E-state index is 14.3. The molecule has 0 aliphatic heterocycles. The van der Waals surface area contributed by atoms with Crippen LogP contribution in [0.4, 0.5) is 17.1 Å². The summed E-state index contributed by atoms with van der Waals surface area (Å²) in [7, 11) is 0. The van der Waals surface area contributed by atoms with Crippen molar-refractivity contribution in [3.63, 3.8) is 0 Å². The van der Waals surface area contributed by atoms with Gasteiger partial charge in [-0.1, -0.05) is 66.7 Å². The largest absolute Gasteiger partial charge is 0.456 e. The number of rotatable bonds is 3. The van der Waals surface area contributed by atoms with Gasteiger partial charge < -0.3 is 9.32 Å². The Morgan fingerprint density at radius 2 is 1.06 bits per heavy atom. The lowest BCUT2D eigenvalue weighted by Gasteiger charge is -2.32. The zero-order chi connectivity index (χ0) is 36.2. The number of nitriles is 1. The van der Waals surface area contributed by atoms with Crippen LogP contribution in [-0.2, 0) is 5.41 Å². The predicted octanol–water partition coefficient (Wildman–Crippen LogP) is 11.9. The molecule has 4 heteroatoms. The van der Waals surface area contributed by atoms with E-state index in [0.29, 0.717) is 27.5 Å². The highest BCUT2D eigenvalue weighted by molar-refractivity contribution is 6.01. The van der Waals surface area contributed by atoms with Crippen molar-refractivity contribution in [2.75, 3.05) is 4.90 Å². The number of aryl methyl sites for hydroxylation is 4. The van der Waals surface area contributed by atoms with Gasteiger partial charge in [0.2, 0.25) is 5.43 Å². The molecule has 1 aromatic heterocycles. The Morgan fingerprint density at radius 3 is 1.68 bits per heavy atom. The first-order chi connectivity index (χ1) is 25.7. The molecular formula is C49H34N2O2. The van der Waals surface area contributed by atoms with E-state index >= 15 is 0 Å². The van der Waals surface area contributed by atoms with E-state index in [1.165, 1.54) is 50.1 Å². The Kier molecular flexibility index (Phi) is 6.54. The second-order valence-electron chi connectivity index (χ2n) is 14.7. The molecule has 1 spiro atoms. The summed E-state index contributed by atoms with van der Waals surface area (Å²) in [6.45, 7) is 8.62. The molecule has 2 aliphatic rings. The summed E-state index contributed by atoms with van der Waals surface area (Å²) in [5.74, 6) is 0. The second-order valence-corrected chi connectivity index (χ2v) is 14.7. The lowest BCUT2D eigenvalue weighted by molar-refractivity contribution is 0.659. The molecule has 1 atom stereocenters. The molecule has 1 unspecified atom stereocenters. The Balaban J connectivity index is 1.30. The molecule has 252 valence electrons. The van der Waals surface area contributed by atoms with Gasteiger partial charge in [-0.3, -0.25) is 4.79 Å². The summed E-state index contributed by atoms with van der Waals surface area (Å²) in [5.41, 5.74) is 17.9. The third-order valence-corrected chi connectivity index (χ3v) is 11.2. The zero-order valence-corrected chi connectivity index (χ0v) is 29.9. The summed E-state index contributed by atoms with van der Waals surface area (Å²) in [5, 5.41) is 10.5. The normalized spacial score (nSPS) is 14.9. The van der Waals surface area contributed by atoms with Crippen molar-refractivity contribution >= 4 is 39.0 Å². The van der Waals surface area contributed by atoms with Gasteiger partial charge in [-0.15, -0.1) is 0 Å². The standard InChI is InChI=1S/C49H34N2O2/c1-28-17-29(2)20-34(19-28)51(35-21-30(3)18-31(4)22-35)33-14-16-38-36-9-5-7-11-42(36)49(44(38)24-33)43-12-8-6-10-37(43)40-26-47-41(25-45(40)49)48(52)39-15-13-32(27-50)23-46(39)53-47/h5-26H,1-4H3. The first-order valence-corrected chi connectivity index (χ1v) is 18.0. The summed E-state index contributed by atoms with van der Waals surface area (Å²) >= 11 is 0. The number of fused-ring (bicyclic) bond motifs is 12. The van der Waals surface area contributed by atoms with Crippen LogP contribution in [0.15, 0.2) is 143 Å². The molecular weight excluding hydrogens is 649 g/mol. The van der Waals surface area contributed by atoms with Crippen LogP contribution in [0.2, 0.25) is 0 Å². The minimum Gasteiger partial charge on any atom is -0.456 e. The number of benzene rings is 7. The van der Waals surface area contributed by atoms with E-state index in [0.717, 1.165) is 33.8 Å².